The number of rotatable bonds is 7. The lowest BCUT2D eigenvalue weighted by molar-refractivity contribution is 0.0177. The van der Waals surface area contributed by atoms with Crippen LogP contribution in [-0.2, 0) is 11.2 Å². The number of hydrogen-bond donors (Lipinski definition) is 2. The second-order valence-electron chi connectivity index (χ2n) is 6.44. The van der Waals surface area contributed by atoms with Crippen molar-refractivity contribution in [2.24, 2.45) is 4.99 Å². The van der Waals surface area contributed by atoms with Gasteiger partial charge in [0, 0.05) is 43.1 Å². The van der Waals surface area contributed by atoms with Crippen LogP contribution in [0.25, 0.3) is 0 Å². The summed E-state index contributed by atoms with van der Waals surface area (Å²) < 4.78 is 5.51. The molecule has 28 heavy (non-hydrogen) atoms. The van der Waals surface area contributed by atoms with Crippen molar-refractivity contribution in [1.82, 2.24) is 15.5 Å². The highest BCUT2D eigenvalue weighted by atomic mass is 127. The molecule has 0 saturated carbocycles. The number of guanidine groups is 1. The van der Waals surface area contributed by atoms with Crippen LogP contribution in [0.2, 0.25) is 5.02 Å². The van der Waals surface area contributed by atoms with Crippen molar-refractivity contribution in [3.8, 4) is 0 Å². The van der Waals surface area contributed by atoms with Gasteiger partial charge in [0.25, 0.3) is 0 Å². The molecule has 2 aromatic rings. The van der Waals surface area contributed by atoms with E-state index in [-0.39, 0.29) is 24.0 Å². The van der Waals surface area contributed by atoms with Gasteiger partial charge in [0.1, 0.15) is 0 Å². The third-order valence-electron chi connectivity index (χ3n) is 4.64. The van der Waals surface area contributed by atoms with E-state index in [1.165, 1.54) is 10.4 Å². The molecule has 0 aliphatic carbocycles. The van der Waals surface area contributed by atoms with Gasteiger partial charge in [-0.3, -0.25) is 9.89 Å². The molecule has 1 aliphatic rings. The monoisotopic (exact) mass is 534 g/mol. The van der Waals surface area contributed by atoms with Gasteiger partial charge < -0.3 is 15.4 Å². The Bertz CT molecular complexity index is 723. The lowest BCUT2D eigenvalue weighted by Crippen LogP contribution is -2.46. The quantitative estimate of drug-likeness (QED) is 0.322. The van der Waals surface area contributed by atoms with Gasteiger partial charge in [-0.2, -0.15) is 0 Å². The summed E-state index contributed by atoms with van der Waals surface area (Å²) >= 11 is 7.86. The summed E-state index contributed by atoms with van der Waals surface area (Å²) in [6.07, 6.45) is 0.902. The molecule has 1 aliphatic heterocycles. The Kier molecular flexibility index (Phi) is 10.6. The predicted molar refractivity (Wildman–Crippen MR) is 129 cm³/mol. The maximum absolute atomic E-state index is 6.05. The van der Waals surface area contributed by atoms with Crippen LogP contribution in [0, 0.1) is 0 Å². The summed E-state index contributed by atoms with van der Waals surface area (Å²) in [4.78, 5) is 8.23. The number of ether oxygens (including phenoxy) is 1. The minimum absolute atomic E-state index is 0. The van der Waals surface area contributed by atoms with E-state index in [2.05, 4.69) is 44.1 Å². The molecule has 8 heteroatoms. The molecule has 2 N–H and O–H groups in total. The summed E-state index contributed by atoms with van der Waals surface area (Å²) in [5.74, 6) is 0.826. The van der Waals surface area contributed by atoms with E-state index in [0.29, 0.717) is 6.04 Å². The zero-order valence-electron chi connectivity index (χ0n) is 16.1. The van der Waals surface area contributed by atoms with Crippen molar-refractivity contribution < 1.29 is 4.74 Å². The van der Waals surface area contributed by atoms with E-state index >= 15 is 0 Å². The Morgan fingerprint density at radius 3 is 2.75 bits per heavy atom. The zero-order chi connectivity index (χ0) is 18.9. The normalized spacial score (nSPS) is 16.3. The van der Waals surface area contributed by atoms with Crippen LogP contribution in [0.1, 0.15) is 16.5 Å². The first kappa shape index (κ1) is 23.4. The van der Waals surface area contributed by atoms with E-state index in [1.54, 1.807) is 11.3 Å². The van der Waals surface area contributed by atoms with E-state index in [0.717, 1.165) is 56.8 Å². The molecule has 1 aromatic heterocycles. The Hall–Kier alpha value is -0.870. The highest BCUT2D eigenvalue weighted by molar-refractivity contribution is 14.0. The molecule has 1 fully saturated rings. The number of aliphatic imine (C=N–C) groups is 1. The third kappa shape index (κ3) is 7.18. The lowest BCUT2D eigenvalue weighted by Gasteiger charge is -2.34. The molecule has 1 aromatic carbocycles. The Labute approximate surface area is 193 Å². The number of thiophene rings is 1. The number of benzene rings is 1. The fraction of sp³-hybridized carbons (Fsp3) is 0.450. The summed E-state index contributed by atoms with van der Waals surface area (Å²) in [6.45, 7) is 5.15. The van der Waals surface area contributed by atoms with Crippen LogP contribution in [-0.4, -0.2) is 57.3 Å². The van der Waals surface area contributed by atoms with Gasteiger partial charge in [0.15, 0.2) is 5.96 Å². The van der Waals surface area contributed by atoms with Crippen molar-refractivity contribution in [3.05, 3.63) is 57.2 Å². The van der Waals surface area contributed by atoms with E-state index in [9.17, 15) is 0 Å². The standard InChI is InChI=1S/C20H27ClN4OS.HI/c1-22-20(23-8-7-16-4-2-5-17(21)14-16)24-15-18(19-6-3-13-27-19)25-9-11-26-12-10-25;/h2-6,13-14,18H,7-12,15H2,1H3,(H2,22,23,24);1H. The van der Waals surface area contributed by atoms with Crippen molar-refractivity contribution in [2.75, 3.05) is 46.4 Å². The van der Waals surface area contributed by atoms with Gasteiger partial charge in [-0.05, 0) is 35.6 Å². The molecule has 1 atom stereocenters. The van der Waals surface area contributed by atoms with E-state index in [1.807, 2.05) is 25.2 Å². The summed E-state index contributed by atoms with van der Waals surface area (Å²) in [6, 6.07) is 12.6. The number of nitrogens with one attached hydrogen (secondary N) is 2. The molecule has 1 saturated heterocycles. The minimum Gasteiger partial charge on any atom is -0.379 e. The Balaban J connectivity index is 0.00000280. The number of nitrogens with zero attached hydrogens (tertiary/aromatic N) is 2. The minimum atomic E-state index is 0. The Morgan fingerprint density at radius 1 is 1.25 bits per heavy atom. The molecule has 0 radical (unpaired) electrons. The molecule has 154 valence electrons. The van der Waals surface area contributed by atoms with Crippen LogP contribution >= 0.6 is 46.9 Å². The maximum Gasteiger partial charge on any atom is 0.191 e. The second-order valence-corrected chi connectivity index (χ2v) is 7.86. The maximum atomic E-state index is 6.05. The predicted octanol–water partition coefficient (Wildman–Crippen LogP) is 3.80. The fourth-order valence-corrected chi connectivity index (χ4v) is 4.29. The molecule has 0 bridgehead atoms. The first-order valence-electron chi connectivity index (χ1n) is 9.30. The fourth-order valence-electron chi connectivity index (χ4n) is 3.21. The van der Waals surface area contributed by atoms with Crippen molar-refractivity contribution in [2.45, 2.75) is 12.5 Å². The van der Waals surface area contributed by atoms with Crippen molar-refractivity contribution in [1.29, 1.82) is 0 Å². The highest BCUT2D eigenvalue weighted by Gasteiger charge is 2.23. The molecular weight excluding hydrogens is 507 g/mol. The Morgan fingerprint density at radius 2 is 2.07 bits per heavy atom. The van der Waals surface area contributed by atoms with Crippen LogP contribution in [0.15, 0.2) is 46.8 Å². The average Bonchev–Trinajstić information content (AvgIpc) is 3.22. The van der Waals surface area contributed by atoms with Gasteiger partial charge in [-0.1, -0.05) is 29.8 Å². The van der Waals surface area contributed by atoms with E-state index in [4.69, 9.17) is 16.3 Å². The SMILES string of the molecule is CN=C(NCCc1cccc(Cl)c1)NCC(c1cccs1)N1CCOCC1.I. The summed E-state index contributed by atoms with van der Waals surface area (Å²) in [7, 11) is 1.81. The molecule has 5 nitrogen and oxygen atoms in total. The van der Waals surface area contributed by atoms with Crippen molar-refractivity contribution in [3.63, 3.8) is 0 Å². The topological polar surface area (TPSA) is 48.9 Å². The van der Waals surface area contributed by atoms with Gasteiger partial charge in [0.05, 0.1) is 19.3 Å². The molecule has 0 spiro atoms. The van der Waals surface area contributed by atoms with Crippen LogP contribution in [0.5, 0.6) is 0 Å². The highest BCUT2D eigenvalue weighted by Crippen LogP contribution is 2.25. The lowest BCUT2D eigenvalue weighted by atomic mass is 10.1. The smallest absolute Gasteiger partial charge is 0.191 e. The molecule has 2 heterocycles. The summed E-state index contributed by atoms with van der Waals surface area (Å²) in [5.41, 5.74) is 1.22. The van der Waals surface area contributed by atoms with E-state index < -0.39 is 0 Å². The third-order valence-corrected chi connectivity index (χ3v) is 5.85. The van der Waals surface area contributed by atoms with Crippen LogP contribution in [0.3, 0.4) is 0 Å². The first-order chi connectivity index (χ1) is 13.3. The molecule has 3 rings (SSSR count). The van der Waals surface area contributed by atoms with Gasteiger partial charge in [0.2, 0.25) is 0 Å². The van der Waals surface area contributed by atoms with Gasteiger partial charge >= 0.3 is 0 Å². The van der Waals surface area contributed by atoms with Crippen LogP contribution in [0.4, 0.5) is 0 Å². The molecule has 0 amide bonds. The number of morpholine rings is 1. The number of halogens is 2. The average molecular weight is 535 g/mol. The van der Waals surface area contributed by atoms with Crippen LogP contribution < -0.4 is 10.6 Å². The zero-order valence-corrected chi connectivity index (χ0v) is 20.0. The molecular formula is C20H28ClIN4OS. The largest absolute Gasteiger partial charge is 0.379 e. The number of hydrogen-bond acceptors (Lipinski definition) is 4. The van der Waals surface area contributed by atoms with Gasteiger partial charge in [-0.15, -0.1) is 35.3 Å². The summed E-state index contributed by atoms with van der Waals surface area (Å²) in [5, 5.41) is 9.80. The van der Waals surface area contributed by atoms with Gasteiger partial charge in [-0.25, -0.2) is 0 Å². The molecule has 1 unspecified atom stereocenters. The second kappa shape index (κ2) is 12.6. The first-order valence-corrected chi connectivity index (χ1v) is 10.6. The van der Waals surface area contributed by atoms with Crippen molar-refractivity contribution >= 4 is 52.9 Å².